The van der Waals surface area contributed by atoms with Crippen LogP contribution in [-0.4, -0.2) is 25.0 Å². The van der Waals surface area contributed by atoms with Crippen molar-refractivity contribution in [2.75, 3.05) is 0 Å². The highest BCUT2D eigenvalue weighted by Crippen LogP contribution is 2.17. The minimum Gasteiger partial charge on any atom is -0.340 e. The van der Waals surface area contributed by atoms with Crippen molar-refractivity contribution in [1.29, 1.82) is 0 Å². The van der Waals surface area contributed by atoms with Crippen LogP contribution < -0.4 is 5.73 Å². The summed E-state index contributed by atoms with van der Waals surface area (Å²) in [5, 5.41) is 7.97. The summed E-state index contributed by atoms with van der Waals surface area (Å²) in [6, 6.07) is 4.21. The van der Waals surface area contributed by atoms with E-state index in [0.717, 1.165) is 22.6 Å². The molecule has 3 aromatic rings. The van der Waals surface area contributed by atoms with Gasteiger partial charge >= 0.3 is 0 Å². The number of rotatable bonds is 3. The number of aryl methyl sites for hydroxylation is 2. The van der Waals surface area contributed by atoms with E-state index in [2.05, 4.69) is 46.3 Å². The van der Waals surface area contributed by atoms with E-state index in [1.807, 2.05) is 6.20 Å². The van der Waals surface area contributed by atoms with E-state index in [1.165, 1.54) is 11.1 Å². The molecule has 0 amide bonds. The standard InChI is InChI=1S/C13H16N6/c1-8-3-11-12(4-9(8)2)16-13(15-11)7-19-6-10(5-14)17-18-19/h3-4,6H,5,7,14H2,1-2H3,(H,15,16). The highest BCUT2D eigenvalue weighted by molar-refractivity contribution is 5.77. The molecule has 0 radical (unpaired) electrons. The van der Waals surface area contributed by atoms with Gasteiger partial charge in [-0.1, -0.05) is 5.21 Å². The second kappa shape index (κ2) is 4.47. The highest BCUT2D eigenvalue weighted by Gasteiger charge is 2.06. The first-order valence-corrected chi connectivity index (χ1v) is 6.20. The Labute approximate surface area is 110 Å². The molecule has 0 aliphatic carbocycles. The smallest absolute Gasteiger partial charge is 0.129 e. The first kappa shape index (κ1) is 11.9. The van der Waals surface area contributed by atoms with Crippen LogP contribution in [0.25, 0.3) is 11.0 Å². The summed E-state index contributed by atoms with van der Waals surface area (Å²) in [6.45, 7) is 5.16. The van der Waals surface area contributed by atoms with Crippen molar-refractivity contribution >= 4 is 11.0 Å². The van der Waals surface area contributed by atoms with Crippen molar-refractivity contribution < 1.29 is 0 Å². The fraction of sp³-hybridized carbons (Fsp3) is 0.308. The Morgan fingerprint density at radius 1 is 1.26 bits per heavy atom. The normalized spacial score (nSPS) is 11.3. The van der Waals surface area contributed by atoms with Crippen molar-refractivity contribution in [1.82, 2.24) is 25.0 Å². The van der Waals surface area contributed by atoms with Crippen molar-refractivity contribution in [3.63, 3.8) is 0 Å². The van der Waals surface area contributed by atoms with E-state index < -0.39 is 0 Å². The van der Waals surface area contributed by atoms with Gasteiger partial charge in [0.15, 0.2) is 0 Å². The molecule has 0 fully saturated rings. The molecular weight excluding hydrogens is 240 g/mol. The predicted octanol–water partition coefficient (Wildman–Crippen LogP) is 1.28. The Morgan fingerprint density at radius 3 is 2.79 bits per heavy atom. The molecule has 98 valence electrons. The quantitative estimate of drug-likeness (QED) is 0.739. The highest BCUT2D eigenvalue weighted by atomic mass is 15.4. The number of fused-ring (bicyclic) bond motifs is 1. The molecule has 0 aliphatic rings. The van der Waals surface area contributed by atoms with Gasteiger partial charge in [-0.3, -0.25) is 0 Å². The fourth-order valence-electron chi connectivity index (χ4n) is 2.06. The third kappa shape index (κ3) is 2.22. The van der Waals surface area contributed by atoms with Crippen molar-refractivity contribution in [3.05, 3.63) is 41.0 Å². The molecule has 2 aromatic heterocycles. The molecule has 0 saturated carbocycles. The molecule has 3 N–H and O–H groups in total. The molecule has 3 rings (SSSR count). The molecular formula is C13H16N6. The number of benzene rings is 1. The minimum atomic E-state index is 0.401. The summed E-state index contributed by atoms with van der Waals surface area (Å²) in [6.07, 6.45) is 1.84. The number of nitrogens with zero attached hydrogens (tertiary/aromatic N) is 4. The summed E-state index contributed by atoms with van der Waals surface area (Å²) in [4.78, 5) is 7.88. The van der Waals surface area contributed by atoms with Gasteiger partial charge in [0.05, 0.1) is 22.9 Å². The molecule has 6 nitrogen and oxygen atoms in total. The van der Waals surface area contributed by atoms with Crippen LogP contribution >= 0.6 is 0 Å². The minimum absolute atomic E-state index is 0.401. The molecule has 0 aliphatic heterocycles. The fourth-order valence-corrected chi connectivity index (χ4v) is 2.06. The van der Waals surface area contributed by atoms with Gasteiger partial charge < -0.3 is 10.7 Å². The molecule has 0 saturated heterocycles. The maximum atomic E-state index is 5.51. The van der Waals surface area contributed by atoms with Crippen LogP contribution in [0.15, 0.2) is 18.3 Å². The first-order chi connectivity index (χ1) is 9.15. The Kier molecular flexibility index (Phi) is 2.79. The maximum Gasteiger partial charge on any atom is 0.129 e. The van der Waals surface area contributed by atoms with Crippen molar-refractivity contribution in [2.45, 2.75) is 26.9 Å². The van der Waals surface area contributed by atoms with Crippen LogP contribution in [0.3, 0.4) is 0 Å². The summed E-state index contributed by atoms with van der Waals surface area (Å²) >= 11 is 0. The first-order valence-electron chi connectivity index (χ1n) is 6.20. The number of aromatic amines is 1. The molecule has 0 atom stereocenters. The Bertz CT molecular complexity index is 685. The van der Waals surface area contributed by atoms with Crippen LogP contribution in [0.2, 0.25) is 0 Å². The van der Waals surface area contributed by atoms with Gasteiger partial charge in [0.2, 0.25) is 0 Å². The lowest BCUT2D eigenvalue weighted by molar-refractivity contribution is 0.630. The van der Waals surface area contributed by atoms with E-state index in [4.69, 9.17) is 5.73 Å². The van der Waals surface area contributed by atoms with Crippen LogP contribution in [0.4, 0.5) is 0 Å². The van der Waals surface area contributed by atoms with Gasteiger partial charge in [-0.25, -0.2) is 9.67 Å². The number of imidazole rings is 1. The van der Waals surface area contributed by atoms with E-state index in [-0.39, 0.29) is 0 Å². The number of hydrogen-bond acceptors (Lipinski definition) is 4. The molecule has 0 bridgehead atoms. The zero-order valence-corrected chi connectivity index (χ0v) is 11.0. The summed E-state index contributed by atoms with van der Waals surface area (Å²) in [5.41, 5.74) is 10.8. The predicted molar refractivity (Wildman–Crippen MR) is 72.6 cm³/mol. The number of nitrogens with two attached hydrogens (primary N) is 1. The molecule has 6 heteroatoms. The molecule has 0 unspecified atom stereocenters. The number of aromatic nitrogens is 5. The number of H-pyrrole nitrogens is 1. The SMILES string of the molecule is Cc1cc2nc(Cn3cc(CN)nn3)[nH]c2cc1C. The van der Waals surface area contributed by atoms with Crippen LogP contribution in [0.1, 0.15) is 22.6 Å². The van der Waals surface area contributed by atoms with Crippen LogP contribution in [0.5, 0.6) is 0 Å². The third-order valence-corrected chi connectivity index (χ3v) is 3.25. The lowest BCUT2D eigenvalue weighted by atomic mass is 10.1. The second-order valence-electron chi connectivity index (χ2n) is 4.75. The number of nitrogens with one attached hydrogen (secondary N) is 1. The van der Waals surface area contributed by atoms with Gasteiger partial charge in [0, 0.05) is 6.54 Å². The van der Waals surface area contributed by atoms with Crippen molar-refractivity contribution in [2.24, 2.45) is 5.73 Å². The third-order valence-electron chi connectivity index (χ3n) is 3.25. The zero-order chi connectivity index (χ0) is 13.4. The lowest BCUT2D eigenvalue weighted by Gasteiger charge is -1.97. The van der Waals surface area contributed by atoms with E-state index in [9.17, 15) is 0 Å². The van der Waals surface area contributed by atoms with Crippen LogP contribution in [-0.2, 0) is 13.1 Å². The average molecular weight is 256 g/mol. The Hall–Kier alpha value is -2.21. The molecule has 2 heterocycles. The lowest BCUT2D eigenvalue weighted by Crippen LogP contribution is -2.02. The molecule has 19 heavy (non-hydrogen) atoms. The maximum absolute atomic E-state index is 5.51. The average Bonchev–Trinajstić information content (AvgIpc) is 2.97. The van der Waals surface area contributed by atoms with E-state index in [1.54, 1.807) is 4.68 Å². The van der Waals surface area contributed by atoms with Crippen LogP contribution in [0, 0.1) is 13.8 Å². The summed E-state index contributed by atoms with van der Waals surface area (Å²) in [7, 11) is 0. The van der Waals surface area contributed by atoms with E-state index >= 15 is 0 Å². The largest absolute Gasteiger partial charge is 0.340 e. The van der Waals surface area contributed by atoms with Crippen molar-refractivity contribution in [3.8, 4) is 0 Å². The topological polar surface area (TPSA) is 85.4 Å². The monoisotopic (exact) mass is 256 g/mol. The second-order valence-corrected chi connectivity index (χ2v) is 4.75. The summed E-state index contributed by atoms with van der Waals surface area (Å²) < 4.78 is 1.74. The number of hydrogen-bond donors (Lipinski definition) is 2. The van der Waals surface area contributed by atoms with Gasteiger partial charge in [0.25, 0.3) is 0 Å². The van der Waals surface area contributed by atoms with Gasteiger partial charge in [-0.15, -0.1) is 5.10 Å². The summed E-state index contributed by atoms with van der Waals surface area (Å²) in [5.74, 6) is 0.869. The Balaban J connectivity index is 1.92. The molecule has 0 spiro atoms. The van der Waals surface area contributed by atoms with Gasteiger partial charge in [-0.05, 0) is 37.1 Å². The zero-order valence-electron chi connectivity index (χ0n) is 11.0. The molecule has 1 aromatic carbocycles. The Morgan fingerprint density at radius 2 is 2.05 bits per heavy atom. The van der Waals surface area contributed by atoms with Gasteiger partial charge in [-0.2, -0.15) is 0 Å². The van der Waals surface area contributed by atoms with Gasteiger partial charge in [0.1, 0.15) is 12.4 Å². The van der Waals surface area contributed by atoms with E-state index in [0.29, 0.717) is 13.1 Å².